The van der Waals surface area contributed by atoms with Gasteiger partial charge in [-0.05, 0) is 89.9 Å². The van der Waals surface area contributed by atoms with Crippen LogP contribution in [-0.4, -0.2) is 80.6 Å². The normalized spacial score (nSPS) is 13.5. The second kappa shape index (κ2) is 48.0. The number of hydrogen-bond donors (Lipinski definition) is 1. The average Bonchev–Trinajstić information content (AvgIpc) is 3.28. The van der Waals surface area contributed by atoms with Crippen LogP contribution in [0.15, 0.2) is 85.1 Å². The van der Waals surface area contributed by atoms with Gasteiger partial charge in [0.15, 0.2) is 12.1 Å². The molecule has 0 aliphatic rings. The number of likely N-dealkylation sites (N-methyl/N-ethyl adjacent to an activating group) is 1. The summed E-state index contributed by atoms with van der Waals surface area (Å²) in [6.07, 6.45) is 63.5. The molecule has 0 aromatic carbocycles. The van der Waals surface area contributed by atoms with Crippen LogP contribution in [0.2, 0.25) is 0 Å². The van der Waals surface area contributed by atoms with Gasteiger partial charge in [-0.25, -0.2) is 4.79 Å². The molecule has 0 saturated carbocycles. The summed E-state index contributed by atoms with van der Waals surface area (Å²) in [6, 6.07) is -0.624. The largest absolute Gasteiger partial charge is 0.477 e. The van der Waals surface area contributed by atoms with Gasteiger partial charge in [-0.3, -0.25) is 9.59 Å². The molecule has 0 rings (SSSR count). The van der Waals surface area contributed by atoms with E-state index < -0.39 is 18.1 Å². The Balaban J connectivity index is 4.31. The number of carboxylic acids is 1. The zero-order valence-corrected chi connectivity index (χ0v) is 43.1. The smallest absolute Gasteiger partial charge is 0.362 e. The van der Waals surface area contributed by atoms with Crippen LogP contribution in [0, 0.1) is 0 Å². The third-order valence-corrected chi connectivity index (χ3v) is 11.5. The Morgan fingerprint density at radius 2 is 0.848 bits per heavy atom. The zero-order chi connectivity index (χ0) is 48.4. The molecule has 1 N–H and O–H groups in total. The maximum atomic E-state index is 12.8. The summed E-state index contributed by atoms with van der Waals surface area (Å²) in [5.41, 5.74) is 0. The standard InChI is InChI=1S/C58H99NO7/c1-6-8-10-12-14-16-18-20-22-24-26-27-28-29-31-32-34-36-38-40-42-44-46-48-56(60)65-53-54(52-64-51-50-55(58(62)63)59(3,4)5)66-57(61)49-47-45-43-41-39-37-35-33-30-25-23-21-19-17-15-13-11-9-7-2/h8,10,14,16,20,22,25-27,29-31,34,36,54-55H,6-7,9,11-13,15,17-19,21,23-24,28,32-33,35,37-53H2,1-5H3/p+1/b10-8+,16-14+,22-20+,27-26+,30-25+,31-29+,36-34+. The lowest BCUT2D eigenvalue weighted by Crippen LogP contribution is -2.50. The Morgan fingerprint density at radius 1 is 0.470 bits per heavy atom. The van der Waals surface area contributed by atoms with Gasteiger partial charge in [0.25, 0.3) is 0 Å². The Hall–Kier alpha value is -3.49. The molecule has 0 spiro atoms. The van der Waals surface area contributed by atoms with Crippen molar-refractivity contribution in [1.29, 1.82) is 0 Å². The fourth-order valence-electron chi connectivity index (χ4n) is 7.44. The highest BCUT2D eigenvalue weighted by Crippen LogP contribution is 2.14. The van der Waals surface area contributed by atoms with Crippen LogP contribution in [0.4, 0.5) is 0 Å². The number of quaternary nitrogens is 1. The van der Waals surface area contributed by atoms with Gasteiger partial charge in [0.1, 0.15) is 6.61 Å². The number of carboxylic acid groups (broad SMARTS) is 1. The molecule has 0 aliphatic carbocycles. The maximum absolute atomic E-state index is 12.8. The minimum atomic E-state index is -0.881. The number of rotatable bonds is 47. The van der Waals surface area contributed by atoms with E-state index in [0.717, 1.165) is 89.9 Å². The molecular formula is C58H100NO7+. The van der Waals surface area contributed by atoms with Crippen molar-refractivity contribution in [3.8, 4) is 0 Å². The third kappa shape index (κ3) is 45.7. The van der Waals surface area contributed by atoms with Gasteiger partial charge in [0, 0.05) is 19.3 Å². The fourth-order valence-corrected chi connectivity index (χ4v) is 7.44. The number of aliphatic carboxylic acids is 1. The van der Waals surface area contributed by atoms with Crippen LogP contribution in [0.3, 0.4) is 0 Å². The molecule has 0 fully saturated rings. The summed E-state index contributed by atoms with van der Waals surface area (Å²) in [6.45, 7) is 4.60. The first-order valence-electron chi connectivity index (χ1n) is 26.6. The SMILES string of the molecule is CC/C=C/C/C=C/C/C=C/C/C=C/C/C=C/C/C=C/CCCCCCC(=O)OCC(COCCC(C(=O)O)[N+](C)(C)C)OC(=O)CCCCCCCCC/C=C/CCCCCCCCCC. The van der Waals surface area contributed by atoms with Crippen molar-refractivity contribution in [3.63, 3.8) is 0 Å². The number of unbranched alkanes of at least 4 members (excludes halogenated alkanes) is 19. The molecule has 0 aromatic heterocycles. The topological polar surface area (TPSA) is 99.1 Å². The highest BCUT2D eigenvalue weighted by molar-refractivity contribution is 5.72. The van der Waals surface area contributed by atoms with Crippen LogP contribution in [0.25, 0.3) is 0 Å². The van der Waals surface area contributed by atoms with Crippen LogP contribution in [0.5, 0.6) is 0 Å². The molecule has 8 heteroatoms. The quantitative estimate of drug-likeness (QED) is 0.0281. The number of esters is 2. The number of hydrogen-bond acceptors (Lipinski definition) is 6. The summed E-state index contributed by atoms with van der Waals surface area (Å²) in [7, 11) is 5.52. The van der Waals surface area contributed by atoms with Crippen molar-refractivity contribution in [3.05, 3.63) is 85.1 Å². The monoisotopic (exact) mass is 923 g/mol. The summed E-state index contributed by atoms with van der Waals surface area (Å²) < 4.78 is 17.3. The van der Waals surface area contributed by atoms with Gasteiger partial charge in [-0.1, -0.05) is 189 Å². The Labute approximate surface area is 405 Å². The van der Waals surface area contributed by atoms with Crippen molar-refractivity contribution in [1.82, 2.24) is 0 Å². The molecule has 2 atom stereocenters. The summed E-state index contributed by atoms with van der Waals surface area (Å²) in [5, 5.41) is 9.66. The minimum absolute atomic E-state index is 0.0471. The zero-order valence-electron chi connectivity index (χ0n) is 43.1. The first-order valence-corrected chi connectivity index (χ1v) is 26.6. The second-order valence-electron chi connectivity index (χ2n) is 18.7. The maximum Gasteiger partial charge on any atom is 0.362 e. The summed E-state index contributed by atoms with van der Waals surface area (Å²) >= 11 is 0. The summed E-state index contributed by atoms with van der Waals surface area (Å²) in [5.74, 6) is -1.51. The van der Waals surface area contributed by atoms with Gasteiger partial charge in [0.2, 0.25) is 0 Å². The Bertz CT molecular complexity index is 1350. The van der Waals surface area contributed by atoms with Crippen molar-refractivity contribution in [2.45, 2.75) is 225 Å². The molecular weight excluding hydrogens is 823 g/mol. The van der Waals surface area contributed by atoms with Crippen molar-refractivity contribution >= 4 is 17.9 Å². The Morgan fingerprint density at radius 3 is 1.27 bits per heavy atom. The lowest BCUT2D eigenvalue weighted by atomic mass is 10.1. The van der Waals surface area contributed by atoms with Crippen LogP contribution < -0.4 is 0 Å². The number of nitrogens with zero attached hydrogens (tertiary/aromatic N) is 1. The number of carbonyl (C=O) groups excluding carboxylic acids is 2. The molecule has 0 saturated heterocycles. The third-order valence-electron chi connectivity index (χ3n) is 11.5. The summed E-state index contributed by atoms with van der Waals surface area (Å²) in [4.78, 5) is 37.2. The molecule has 0 aromatic rings. The molecule has 378 valence electrons. The van der Waals surface area contributed by atoms with E-state index in [2.05, 4.69) is 98.9 Å². The lowest BCUT2D eigenvalue weighted by molar-refractivity contribution is -0.887. The molecule has 0 amide bonds. The van der Waals surface area contributed by atoms with Crippen molar-refractivity contribution in [2.75, 3.05) is 41.0 Å². The van der Waals surface area contributed by atoms with Gasteiger partial charge in [0.05, 0.1) is 34.4 Å². The highest BCUT2D eigenvalue weighted by atomic mass is 16.6. The first-order chi connectivity index (χ1) is 32.1. The fraction of sp³-hybridized carbons (Fsp3) is 0.707. The molecule has 0 heterocycles. The van der Waals surface area contributed by atoms with E-state index in [1.54, 1.807) is 0 Å². The predicted molar refractivity (Wildman–Crippen MR) is 280 cm³/mol. The van der Waals surface area contributed by atoms with E-state index in [1.807, 2.05) is 21.1 Å². The van der Waals surface area contributed by atoms with Gasteiger partial charge in [-0.2, -0.15) is 0 Å². The molecule has 0 bridgehead atoms. The first kappa shape index (κ1) is 62.5. The van der Waals surface area contributed by atoms with E-state index >= 15 is 0 Å². The number of carbonyl (C=O) groups is 3. The second-order valence-corrected chi connectivity index (χ2v) is 18.7. The Kier molecular flexibility index (Phi) is 45.4. The minimum Gasteiger partial charge on any atom is -0.477 e. The molecule has 66 heavy (non-hydrogen) atoms. The molecule has 0 radical (unpaired) electrons. The van der Waals surface area contributed by atoms with E-state index in [4.69, 9.17) is 14.2 Å². The lowest BCUT2D eigenvalue weighted by Gasteiger charge is -2.31. The van der Waals surface area contributed by atoms with Crippen LogP contribution in [-0.2, 0) is 28.6 Å². The van der Waals surface area contributed by atoms with Crippen molar-refractivity contribution < 1.29 is 38.2 Å². The van der Waals surface area contributed by atoms with E-state index in [-0.39, 0.29) is 36.2 Å². The van der Waals surface area contributed by atoms with Gasteiger partial charge < -0.3 is 23.8 Å². The average molecular weight is 923 g/mol. The number of allylic oxidation sites excluding steroid dienone is 14. The highest BCUT2D eigenvalue weighted by Gasteiger charge is 2.31. The molecule has 0 aliphatic heterocycles. The van der Waals surface area contributed by atoms with E-state index in [1.165, 1.54) is 89.9 Å². The van der Waals surface area contributed by atoms with Crippen LogP contribution >= 0.6 is 0 Å². The van der Waals surface area contributed by atoms with Crippen molar-refractivity contribution in [2.24, 2.45) is 0 Å². The number of ether oxygens (including phenoxy) is 3. The van der Waals surface area contributed by atoms with Gasteiger partial charge >= 0.3 is 17.9 Å². The molecule has 2 unspecified atom stereocenters. The van der Waals surface area contributed by atoms with Gasteiger partial charge in [-0.15, -0.1) is 0 Å². The predicted octanol–water partition coefficient (Wildman–Crippen LogP) is 15.6. The van der Waals surface area contributed by atoms with E-state index in [0.29, 0.717) is 19.3 Å². The van der Waals surface area contributed by atoms with Crippen LogP contribution in [0.1, 0.15) is 213 Å². The molecule has 8 nitrogen and oxygen atoms in total. The van der Waals surface area contributed by atoms with E-state index in [9.17, 15) is 19.5 Å².